The number of piperazine rings is 1. The van der Waals surface area contributed by atoms with Crippen LogP contribution in [0.3, 0.4) is 0 Å². The van der Waals surface area contributed by atoms with Crippen molar-refractivity contribution in [1.82, 2.24) is 4.90 Å². The molecule has 0 bridgehead atoms. The zero-order valence-electron chi connectivity index (χ0n) is 26.6. The van der Waals surface area contributed by atoms with Crippen molar-refractivity contribution in [2.24, 2.45) is 34.0 Å². The number of hydrogen-bond acceptors (Lipinski definition) is 4. The van der Waals surface area contributed by atoms with Gasteiger partial charge in [-0.2, -0.15) is 0 Å². The Morgan fingerprint density at radius 2 is 1.69 bits per heavy atom. The van der Waals surface area contributed by atoms with Gasteiger partial charge in [0.15, 0.2) is 5.78 Å². The second-order valence-corrected chi connectivity index (χ2v) is 15.6. The number of amides is 1. The van der Waals surface area contributed by atoms with Crippen LogP contribution in [0.1, 0.15) is 98.0 Å². The number of rotatable bonds is 2. The molecule has 1 aliphatic heterocycles. The minimum Gasteiger partial charge on any atom is -0.377 e. The van der Waals surface area contributed by atoms with Crippen molar-refractivity contribution in [2.75, 3.05) is 31.1 Å². The first-order valence-corrected chi connectivity index (χ1v) is 16.4. The standard InChI is InChI=1S/C37H50N2O3/c1-25(40)38-19-21-39(22-20-38)28-10-7-26(8-11-28)31-24-36(6)32(14-16-37(36,42)18-17-34(2,3)4)30-12-9-27-23-29(41)13-15-35(27,5)33(30)31/h7-8,10-11,23,30-33,42H,9,12-16,19-22,24H2,1-6H3/t30-,31+,32?,33?,35-,36-,37+/m0/s1. The van der Waals surface area contributed by atoms with Gasteiger partial charge in [-0.25, -0.2) is 0 Å². The Morgan fingerprint density at radius 1 is 1.00 bits per heavy atom. The van der Waals surface area contributed by atoms with Crippen LogP contribution in [0.4, 0.5) is 5.69 Å². The van der Waals surface area contributed by atoms with Crippen molar-refractivity contribution in [2.45, 2.75) is 98.0 Å². The fraction of sp³-hybridized carbons (Fsp3) is 0.676. The predicted octanol–water partition coefficient (Wildman–Crippen LogP) is 6.36. The maximum Gasteiger partial charge on any atom is 0.219 e. The van der Waals surface area contributed by atoms with E-state index in [0.29, 0.717) is 35.9 Å². The first-order chi connectivity index (χ1) is 19.7. The quantitative estimate of drug-likeness (QED) is 0.421. The third-order valence-corrected chi connectivity index (χ3v) is 12.1. The lowest BCUT2D eigenvalue weighted by Crippen LogP contribution is -2.57. The van der Waals surface area contributed by atoms with Gasteiger partial charge in [-0.05, 0) is 112 Å². The van der Waals surface area contributed by atoms with Crippen LogP contribution in [-0.2, 0) is 9.59 Å². The molecule has 1 aromatic carbocycles. The third-order valence-electron chi connectivity index (χ3n) is 12.1. The molecule has 5 nitrogen and oxygen atoms in total. The van der Waals surface area contributed by atoms with Gasteiger partial charge in [0.05, 0.1) is 0 Å². The number of aliphatic hydroxyl groups is 1. The van der Waals surface area contributed by atoms with Crippen molar-refractivity contribution in [3.8, 4) is 11.8 Å². The van der Waals surface area contributed by atoms with Gasteiger partial charge in [-0.1, -0.05) is 43.4 Å². The summed E-state index contributed by atoms with van der Waals surface area (Å²) in [5.41, 5.74) is 2.54. The molecule has 4 aliphatic carbocycles. The number of carbonyl (C=O) groups excluding carboxylic acids is 2. The number of fused-ring (bicyclic) bond motifs is 5. The number of anilines is 1. The Kier molecular flexibility index (Phi) is 7.20. The van der Waals surface area contributed by atoms with Crippen LogP contribution < -0.4 is 4.90 Å². The highest BCUT2D eigenvalue weighted by Crippen LogP contribution is 2.70. The summed E-state index contributed by atoms with van der Waals surface area (Å²) < 4.78 is 0. The van der Waals surface area contributed by atoms with Gasteiger partial charge in [-0.3, -0.25) is 9.59 Å². The summed E-state index contributed by atoms with van der Waals surface area (Å²) >= 11 is 0. The molecule has 1 N–H and O–H groups in total. The zero-order valence-corrected chi connectivity index (χ0v) is 26.6. The summed E-state index contributed by atoms with van der Waals surface area (Å²) in [5, 5.41) is 12.3. The number of benzene rings is 1. The number of allylic oxidation sites excluding steroid dienone is 1. The molecule has 3 saturated carbocycles. The van der Waals surface area contributed by atoms with Crippen molar-refractivity contribution in [3.63, 3.8) is 0 Å². The second kappa shape index (κ2) is 10.3. The minimum absolute atomic E-state index is 0.0162. The van der Waals surface area contributed by atoms with Crippen molar-refractivity contribution in [3.05, 3.63) is 41.5 Å². The van der Waals surface area contributed by atoms with Gasteiger partial charge < -0.3 is 14.9 Å². The van der Waals surface area contributed by atoms with E-state index in [-0.39, 0.29) is 22.2 Å². The molecule has 2 unspecified atom stereocenters. The van der Waals surface area contributed by atoms with Gasteiger partial charge in [0, 0.05) is 56.0 Å². The third kappa shape index (κ3) is 4.83. The average Bonchev–Trinajstić information content (AvgIpc) is 3.22. The molecule has 42 heavy (non-hydrogen) atoms. The van der Waals surface area contributed by atoms with Crippen LogP contribution in [-0.4, -0.2) is 53.5 Å². The molecule has 4 fully saturated rings. The Bertz CT molecular complexity index is 1340. The maximum absolute atomic E-state index is 12.5. The number of carbonyl (C=O) groups is 2. The van der Waals surface area contributed by atoms with Crippen LogP contribution in [0, 0.1) is 45.8 Å². The molecule has 0 spiro atoms. The second-order valence-electron chi connectivity index (χ2n) is 15.6. The highest BCUT2D eigenvalue weighted by Gasteiger charge is 2.66. The molecule has 1 amide bonds. The highest BCUT2D eigenvalue weighted by molar-refractivity contribution is 5.91. The van der Waals surface area contributed by atoms with Gasteiger partial charge in [-0.15, -0.1) is 0 Å². The molecule has 1 saturated heterocycles. The number of nitrogens with zero attached hydrogens (tertiary/aromatic N) is 2. The van der Waals surface area contributed by atoms with E-state index in [0.717, 1.165) is 64.7 Å². The molecule has 226 valence electrons. The molecule has 6 rings (SSSR count). The van der Waals surface area contributed by atoms with Crippen molar-refractivity contribution in [1.29, 1.82) is 0 Å². The van der Waals surface area contributed by atoms with E-state index in [1.165, 1.54) is 16.8 Å². The van der Waals surface area contributed by atoms with Crippen LogP contribution in [0.25, 0.3) is 0 Å². The monoisotopic (exact) mass is 570 g/mol. The summed E-state index contributed by atoms with van der Waals surface area (Å²) in [6.45, 7) is 16.1. The van der Waals surface area contributed by atoms with E-state index >= 15 is 0 Å². The summed E-state index contributed by atoms with van der Waals surface area (Å²) in [6.07, 6.45) is 8.36. The van der Waals surface area contributed by atoms with Crippen LogP contribution >= 0.6 is 0 Å². The molecule has 1 heterocycles. The van der Waals surface area contributed by atoms with Crippen LogP contribution in [0.15, 0.2) is 35.9 Å². The number of hydrogen-bond donors (Lipinski definition) is 1. The molecular formula is C37H50N2O3. The van der Waals surface area contributed by atoms with Gasteiger partial charge >= 0.3 is 0 Å². The maximum atomic E-state index is 12.5. The van der Waals surface area contributed by atoms with Crippen molar-refractivity contribution >= 4 is 17.4 Å². The van der Waals surface area contributed by atoms with E-state index in [1.54, 1.807) is 6.92 Å². The lowest BCUT2D eigenvalue weighted by molar-refractivity contribution is -0.129. The zero-order chi connectivity index (χ0) is 30.1. The SMILES string of the molecule is CC(=O)N1CCN(c2ccc([C@H]3C[C@@]4(C)C(CC[C@@]4(O)C#CC(C)(C)C)[C@@H]4CCC5=CC(=O)CC[C@]5(C)C43)cc2)CC1. The largest absolute Gasteiger partial charge is 0.377 e. The van der Waals surface area contributed by atoms with E-state index < -0.39 is 5.60 Å². The minimum atomic E-state index is -0.982. The van der Waals surface area contributed by atoms with Gasteiger partial charge in [0.1, 0.15) is 5.60 Å². The summed E-state index contributed by atoms with van der Waals surface area (Å²) in [5.74, 6) is 9.01. The Hall–Kier alpha value is -2.58. The molecule has 7 atom stereocenters. The molecular weight excluding hydrogens is 520 g/mol. The van der Waals surface area contributed by atoms with E-state index in [4.69, 9.17) is 0 Å². The van der Waals surface area contributed by atoms with Crippen LogP contribution in [0.2, 0.25) is 0 Å². The molecule has 5 heteroatoms. The predicted molar refractivity (Wildman–Crippen MR) is 168 cm³/mol. The van der Waals surface area contributed by atoms with Gasteiger partial charge in [0.2, 0.25) is 5.91 Å². The normalized spacial score (nSPS) is 38.1. The lowest BCUT2D eigenvalue weighted by Gasteiger charge is -2.61. The van der Waals surface area contributed by atoms with Crippen molar-refractivity contribution < 1.29 is 14.7 Å². The fourth-order valence-electron chi connectivity index (χ4n) is 9.78. The van der Waals surface area contributed by atoms with E-state index in [1.807, 2.05) is 11.0 Å². The summed E-state index contributed by atoms with van der Waals surface area (Å²) in [4.78, 5) is 28.7. The smallest absolute Gasteiger partial charge is 0.219 e. The highest BCUT2D eigenvalue weighted by atomic mass is 16.3. The van der Waals surface area contributed by atoms with E-state index in [2.05, 4.69) is 75.6 Å². The average molecular weight is 571 g/mol. The first-order valence-electron chi connectivity index (χ1n) is 16.4. The lowest BCUT2D eigenvalue weighted by atomic mass is 9.43. The van der Waals surface area contributed by atoms with Crippen LogP contribution in [0.5, 0.6) is 0 Å². The Morgan fingerprint density at radius 3 is 2.33 bits per heavy atom. The molecule has 0 radical (unpaired) electrons. The Balaban J connectivity index is 1.37. The first kappa shape index (κ1) is 29.5. The summed E-state index contributed by atoms with van der Waals surface area (Å²) in [6, 6.07) is 9.22. The Labute approximate surface area is 253 Å². The molecule has 0 aromatic heterocycles. The van der Waals surface area contributed by atoms with Gasteiger partial charge in [0.25, 0.3) is 0 Å². The number of ketones is 1. The van der Waals surface area contributed by atoms with E-state index in [9.17, 15) is 14.7 Å². The fourth-order valence-corrected chi connectivity index (χ4v) is 9.78. The molecule has 1 aromatic rings. The summed E-state index contributed by atoms with van der Waals surface area (Å²) in [7, 11) is 0. The molecule has 5 aliphatic rings. The topological polar surface area (TPSA) is 60.9 Å².